The second kappa shape index (κ2) is 7.51. The van der Waals surface area contributed by atoms with Crippen molar-refractivity contribution in [2.75, 3.05) is 12.4 Å². The molecule has 0 heterocycles. The van der Waals surface area contributed by atoms with E-state index in [2.05, 4.69) is 15.4 Å². The summed E-state index contributed by atoms with van der Waals surface area (Å²) in [5.74, 6) is -0.412. The molecule has 0 saturated carbocycles. The number of carbonyl (C=O) groups excluding carboxylic acids is 2. The Morgan fingerprint density at radius 1 is 1.22 bits per heavy atom. The Balaban J connectivity index is 1.95. The van der Waals surface area contributed by atoms with Crippen LogP contribution < -0.4 is 10.6 Å². The third-order valence-corrected chi connectivity index (χ3v) is 3.31. The zero-order valence-electron chi connectivity index (χ0n) is 12.3. The molecule has 120 valence electrons. The number of hydrogen-bond donors (Lipinski definition) is 3. The third kappa shape index (κ3) is 4.62. The van der Waals surface area contributed by atoms with Gasteiger partial charge in [-0.25, -0.2) is 9.59 Å². The number of nitrogens with one attached hydrogen (secondary N) is 2. The number of esters is 1. The lowest BCUT2D eigenvalue weighted by molar-refractivity contribution is 0.0601. The van der Waals surface area contributed by atoms with Crippen molar-refractivity contribution in [1.82, 2.24) is 5.32 Å². The van der Waals surface area contributed by atoms with Gasteiger partial charge in [-0.2, -0.15) is 0 Å². The van der Waals surface area contributed by atoms with Crippen molar-refractivity contribution >= 4 is 29.3 Å². The molecule has 0 bridgehead atoms. The van der Waals surface area contributed by atoms with E-state index in [1.54, 1.807) is 30.3 Å². The monoisotopic (exact) mass is 334 g/mol. The van der Waals surface area contributed by atoms with Crippen molar-refractivity contribution in [3.8, 4) is 5.75 Å². The number of phenols is 1. The molecule has 23 heavy (non-hydrogen) atoms. The smallest absolute Gasteiger partial charge is 0.339 e. The Kier molecular flexibility index (Phi) is 5.43. The highest BCUT2D eigenvalue weighted by molar-refractivity contribution is 6.33. The highest BCUT2D eigenvalue weighted by atomic mass is 35.5. The maximum atomic E-state index is 11.8. The highest BCUT2D eigenvalue weighted by Gasteiger charge is 2.11. The van der Waals surface area contributed by atoms with E-state index in [-0.39, 0.29) is 22.9 Å². The standard InChI is InChI=1S/C16H15ClN2O4/c1-23-15(21)13-6-5-11(8-14(13)17)19-16(22)18-9-10-3-2-4-12(20)7-10/h2-8,20H,9H2,1H3,(H2,18,19,22). The van der Waals surface area contributed by atoms with E-state index in [1.165, 1.54) is 19.2 Å². The Bertz CT molecular complexity index is 734. The summed E-state index contributed by atoms with van der Waals surface area (Å²) in [4.78, 5) is 23.3. The summed E-state index contributed by atoms with van der Waals surface area (Å²) in [5, 5.41) is 14.8. The van der Waals surface area contributed by atoms with Crippen LogP contribution in [0.4, 0.5) is 10.5 Å². The van der Waals surface area contributed by atoms with Crippen molar-refractivity contribution in [2.24, 2.45) is 0 Å². The zero-order chi connectivity index (χ0) is 16.8. The number of halogens is 1. The van der Waals surface area contributed by atoms with Crippen molar-refractivity contribution in [2.45, 2.75) is 6.54 Å². The Morgan fingerprint density at radius 2 is 2.00 bits per heavy atom. The van der Waals surface area contributed by atoms with Crippen LogP contribution in [-0.4, -0.2) is 24.2 Å². The highest BCUT2D eigenvalue weighted by Crippen LogP contribution is 2.21. The van der Waals surface area contributed by atoms with Crippen molar-refractivity contribution in [1.29, 1.82) is 0 Å². The molecular formula is C16H15ClN2O4. The summed E-state index contributed by atoms with van der Waals surface area (Å²) in [7, 11) is 1.26. The van der Waals surface area contributed by atoms with E-state index in [4.69, 9.17) is 11.6 Å². The minimum atomic E-state index is -0.546. The van der Waals surface area contributed by atoms with E-state index in [1.807, 2.05) is 0 Å². The number of phenolic OH excluding ortho intramolecular Hbond substituents is 1. The molecule has 0 atom stereocenters. The second-order valence-electron chi connectivity index (χ2n) is 4.66. The number of amides is 2. The van der Waals surface area contributed by atoms with Crippen LogP contribution in [0.15, 0.2) is 42.5 Å². The van der Waals surface area contributed by atoms with Gasteiger partial charge in [0.25, 0.3) is 0 Å². The molecule has 0 spiro atoms. The van der Waals surface area contributed by atoms with Gasteiger partial charge in [-0.1, -0.05) is 23.7 Å². The number of rotatable bonds is 4. The van der Waals surface area contributed by atoms with Crippen molar-refractivity contribution < 1.29 is 19.4 Å². The molecule has 0 aliphatic carbocycles. The van der Waals surface area contributed by atoms with Crippen LogP contribution in [0.2, 0.25) is 5.02 Å². The minimum Gasteiger partial charge on any atom is -0.508 e. The van der Waals surface area contributed by atoms with E-state index >= 15 is 0 Å². The molecule has 0 radical (unpaired) electrons. The molecule has 2 amide bonds. The van der Waals surface area contributed by atoms with Crippen LogP contribution >= 0.6 is 11.6 Å². The Morgan fingerprint density at radius 3 is 2.65 bits per heavy atom. The predicted octanol–water partition coefficient (Wildman–Crippen LogP) is 3.15. The molecule has 3 N–H and O–H groups in total. The fourth-order valence-corrected chi connectivity index (χ4v) is 2.15. The number of urea groups is 1. The number of benzene rings is 2. The molecule has 0 aliphatic rings. The Labute approximate surface area is 138 Å². The molecule has 0 unspecified atom stereocenters. The van der Waals surface area contributed by atoms with E-state index in [0.29, 0.717) is 5.69 Å². The summed E-state index contributed by atoms with van der Waals surface area (Å²) in [6, 6.07) is 10.6. The second-order valence-corrected chi connectivity index (χ2v) is 5.07. The summed E-state index contributed by atoms with van der Waals surface area (Å²) in [6.07, 6.45) is 0. The third-order valence-electron chi connectivity index (χ3n) is 3.00. The Hall–Kier alpha value is -2.73. The lowest BCUT2D eigenvalue weighted by Crippen LogP contribution is -2.28. The molecule has 0 fully saturated rings. The van der Waals surface area contributed by atoms with E-state index in [0.717, 1.165) is 5.56 Å². The van der Waals surface area contributed by atoms with Gasteiger partial charge in [-0.15, -0.1) is 0 Å². The lowest BCUT2D eigenvalue weighted by atomic mass is 10.2. The van der Waals surface area contributed by atoms with Crippen LogP contribution in [0.3, 0.4) is 0 Å². The van der Waals surface area contributed by atoms with Crippen LogP contribution in [0.25, 0.3) is 0 Å². The van der Waals surface area contributed by atoms with Crippen LogP contribution in [0.5, 0.6) is 5.75 Å². The first-order chi connectivity index (χ1) is 11.0. The average Bonchev–Trinajstić information content (AvgIpc) is 2.52. The molecule has 2 aromatic rings. The van der Waals surface area contributed by atoms with Gasteiger partial charge >= 0.3 is 12.0 Å². The van der Waals surface area contributed by atoms with Gasteiger partial charge in [-0.05, 0) is 35.9 Å². The first kappa shape index (κ1) is 16.6. The summed E-state index contributed by atoms with van der Waals surface area (Å²) < 4.78 is 4.59. The van der Waals surface area contributed by atoms with Gasteiger partial charge < -0.3 is 20.5 Å². The van der Waals surface area contributed by atoms with Gasteiger partial charge in [0.2, 0.25) is 0 Å². The minimum absolute atomic E-state index is 0.134. The summed E-state index contributed by atoms with van der Waals surface area (Å²) in [5.41, 5.74) is 1.43. The van der Waals surface area contributed by atoms with Crippen LogP contribution in [0, 0.1) is 0 Å². The molecule has 6 nitrogen and oxygen atoms in total. The fourth-order valence-electron chi connectivity index (χ4n) is 1.89. The van der Waals surface area contributed by atoms with E-state index < -0.39 is 12.0 Å². The van der Waals surface area contributed by atoms with Crippen LogP contribution in [0.1, 0.15) is 15.9 Å². The van der Waals surface area contributed by atoms with Gasteiger partial charge in [0.05, 0.1) is 17.7 Å². The van der Waals surface area contributed by atoms with Crippen molar-refractivity contribution in [3.63, 3.8) is 0 Å². The van der Waals surface area contributed by atoms with E-state index in [9.17, 15) is 14.7 Å². The SMILES string of the molecule is COC(=O)c1ccc(NC(=O)NCc2cccc(O)c2)cc1Cl. The van der Waals surface area contributed by atoms with Gasteiger partial charge in [-0.3, -0.25) is 0 Å². The fraction of sp³-hybridized carbons (Fsp3) is 0.125. The molecule has 0 aromatic heterocycles. The summed E-state index contributed by atoms with van der Waals surface area (Å²) >= 11 is 5.98. The van der Waals surface area contributed by atoms with Crippen LogP contribution in [-0.2, 0) is 11.3 Å². The largest absolute Gasteiger partial charge is 0.508 e. The zero-order valence-corrected chi connectivity index (χ0v) is 13.1. The molecular weight excluding hydrogens is 320 g/mol. The first-order valence-corrected chi connectivity index (χ1v) is 7.08. The van der Waals surface area contributed by atoms with Gasteiger partial charge in [0, 0.05) is 12.2 Å². The predicted molar refractivity (Wildman–Crippen MR) is 86.8 cm³/mol. The molecule has 2 rings (SSSR count). The number of methoxy groups -OCH3 is 1. The lowest BCUT2D eigenvalue weighted by Gasteiger charge is -2.09. The molecule has 0 saturated heterocycles. The van der Waals surface area contributed by atoms with Gasteiger partial charge in [0.1, 0.15) is 5.75 Å². The number of ether oxygens (including phenoxy) is 1. The topological polar surface area (TPSA) is 87.7 Å². The van der Waals surface area contributed by atoms with Crippen molar-refractivity contribution in [3.05, 3.63) is 58.6 Å². The molecule has 2 aromatic carbocycles. The number of carbonyl (C=O) groups is 2. The number of hydrogen-bond acceptors (Lipinski definition) is 4. The molecule has 0 aliphatic heterocycles. The summed E-state index contributed by atoms with van der Waals surface area (Å²) in [6.45, 7) is 0.258. The first-order valence-electron chi connectivity index (χ1n) is 6.70. The molecule has 7 heteroatoms. The quantitative estimate of drug-likeness (QED) is 0.749. The maximum Gasteiger partial charge on any atom is 0.339 e. The average molecular weight is 335 g/mol. The normalized spacial score (nSPS) is 10.0. The number of aromatic hydroxyl groups is 1. The number of anilines is 1. The maximum absolute atomic E-state index is 11.8. The van der Waals surface area contributed by atoms with Gasteiger partial charge in [0.15, 0.2) is 0 Å².